The third-order valence-electron chi connectivity index (χ3n) is 2.92. The fraction of sp³-hybridized carbons (Fsp3) is 0.583. The summed E-state index contributed by atoms with van der Waals surface area (Å²) in [7, 11) is 0. The molecule has 1 aliphatic heterocycles. The Bertz CT molecular complexity index is 369. The first kappa shape index (κ1) is 12.0. The van der Waals surface area contributed by atoms with Gasteiger partial charge in [0.25, 0.3) is 5.91 Å². The van der Waals surface area contributed by atoms with Crippen molar-refractivity contribution in [1.29, 1.82) is 0 Å². The quantitative estimate of drug-likeness (QED) is 0.788. The Morgan fingerprint density at radius 3 is 3.00 bits per heavy atom. The minimum atomic E-state index is -0.121. The lowest BCUT2D eigenvalue weighted by Gasteiger charge is -2.15. The van der Waals surface area contributed by atoms with Gasteiger partial charge in [-0.3, -0.25) is 9.78 Å². The van der Waals surface area contributed by atoms with E-state index >= 15 is 0 Å². The van der Waals surface area contributed by atoms with Crippen LogP contribution in [0.5, 0.6) is 0 Å². The molecule has 0 unspecified atom stereocenters. The highest BCUT2D eigenvalue weighted by Gasteiger charge is 2.16. The van der Waals surface area contributed by atoms with Crippen LogP contribution < -0.4 is 10.6 Å². The number of carbonyl (C=O) groups excluding carboxylic acids is 1. The summed E-state index contributed by atoms with van der Waals surface area (Å²) in [5.74, 6) is -0.121. The van der Waals surface area contributed by atoms with E-state index in [-0.39, 0.29) is 11.9 Å². The number of amides is 1. The summed E-state index contributed by atoms with van der Waals surface area (Å²) in [5, 5.41) is 6.33. The summed E-state index contributed by atoms with van der Waals surface area (Å²) in [6.45, 7) is 3.85. The molecule has 0 spiro atoms. The fourth-order valence-electron chi connectivity index (χ4n) is 1.93. The first-order chi connectivity index (χ1) is 8.25. The average Bonchev–Trinajstić information content (AvgIpc) is 2.58. The van der Waals surface area contributed by atoms with Crippen molar-refractivity contribution >= 4 is 5.91 Å². The second kappa shape index (κ2) is 5.72. The van der Waals surface area contributed by atoms with Crippen molar-refractivity contribution in [3.05, 3.63) is 23.8 Å². The first-order valence-electron chi connectivity index (χ1n) is 6.06. The Labute approximate surface area is 101 Å². The second-order valence-electron chi connectivity index (χ2n) is 4.39. The van der Waals surface area contributed by atoms with Gasteiger partial charge >= 0.3 is 0 Å². The Morgan fingerprint density at radius 1 is 1.35 bits per heavy atom. The molecule has 0 bridgehead atoms. The minimum absolute atomic E-state index is 0.121. The smallest absolute Gasteiger partial charge is 0.271 e. The molecule has 1 aromatic heterocycles. The van der Waals surface area contributed by atoms with Crippen molar-refractivity contribution in [2.45, 2.75) is 32.2 Å². The van der Waals surface area contributed by atoms with Crippen molar-refractivity contribution < 1.29 is 4.79 Å². The number of carbonyl (C=O) groups is 1. The monoisotopic (exact) mass is 234 g/mol. The van der Waals surface area contributed by atoms with E-state index in [0.717, 1.165) is 38.0 Å². The van der Waals surface area contributed by atoms with Crippen molar-refractivity contribution in [3.63, 3.8) is 0 Å². The first-order valence-corrected chi connectivity index (χ1v) is 6.06. The predicted octanol–water partition coefficient (Wildman–Crippen LogP) is 0.657. The number of hydrogen-bond donors (Lipinski definition) is 2. The average molecular weight is 234 g/mol. The van der Waals surface area contributed by atoms with Gasteiger partial charge in [0, 0.05) is 12.2 Å². The summed E-state index contributed by atoms with van der Waals surface area (Å²) < 4.78 is 0. The molecule has 1 saturated heterocycles. The van der Waals surface area contributed by atoms with Gasteiger partial charge in [-0.15, -0.1) is 0 Å². The molecule has 0 aliphatic carbocycles. The van der Waals surface area contributed by atoms with E-state index in [2.05, 4.69) is 20.6 Å². The van der Waals surface area contributed by atoms with Crippen molar-refractivity contribution in [3.8, 4) is 0 Å². The van der Waals surface area contributed by atoms with E-state index in [1.807, 2.05) is 6.92 Å². The molecule has 2 N–H and O–H groups in total. The molecule has 1 aliphatic rings. The molecule has 1 fully saturated rings. The van der Waals surface area contributed by atoms with Gasteiger partial charge in [0.15, 0.2) is 0 Å². The number of aromatic nitrogens is 2. The van der Waals surface area contributed by atoms with Crippen molar-refractivity contribution in [1.82, 2.24) is 20.6 Å². The molecule has 1 aromatic rings. The molecule has 0 radical (unpaired) electrons. The highest BCUT2D eigenvalue weighted by molar-refractivity contribution is 5.92. The summed E-state index contributed by atoms with van der Waals surface area (Å²) in [5.41, 5.74) is 1.22. The van der Waals surface area contributed by atoms with Crippen LogP contribution in [0.4, 0.5) is 0 Å². The van der Waals surface area contributed by atoms with E-state index in [0.29, 0.717) is 5.69 Å². The number of nitrogens with zero attached hydrogens (tertiary/aromatic N) is 2. The molecule has 1 amide bonds. The third-order valence-corrected chi connectivity index (χ3v) is 2.92. The van der Waals surface area contributed by atoms with E-state index < -0.39 is 0 Å². The van der Waals surface area contributed by atoms with Gasteiger partial charge in [0.1, 0.15) is 5.69 Å². The number of nitrogens with one attached hydrogen (secondary N) is 2. The van der Waals surface area contributed by atoms with Crippen LogP contribution >= 0.6 is 0 Å². The summed E-state index contributed by atoms with van der Waals surface area (Å²) >= 11 is 0. The lowest BCUT2D eigenvalue weighted by molar-refractivity contribution is 0.0928. The van der Waals surface area contributed by atoms with Crippen LogP contribution in [0, 0.1) is 6.92 Å². The molecule has 5 heteroatoms. The van der Waals surface area contributed by atoms with E-state index in [9.17, 15) is 4.79 Å². The van der Waals surface area contributed by atoms with Crippen LogP contribution in [-0.4, -0.2) is 35.0 Å². The lowest BCUT2D eigenvalue weighted by atomic mass is 10.1. The molecule has 0 aromatic carbocycles. The number of aryl methyl sites for hydroxylation is 1. The largest absolute Gasteiger partial charge is 0.348 e. The van der Waals surface area contributed by atoms with Gasteiger partial charge in [-0.25, -0.2) is 4.98 Å². The normalized spacial score (nSPS) is 20.6. The zero-order valence-corrected chi connectivity index (χ0v) is 10.1. The molecule has 2 heterocycles. The Morgan fingerprint density at radius 2 is 2.24 bits per heavy atom. The van der Waals surface area contributed by atoms with E-state index in [4.69, 9.17) is 0 Å². The SMILES string of the molecule is Cc1cnc(C(=O)N[C@@H]2CCCNCC2)cn1. The van der Waals surface area contributed by atoms with Gasteiger partial charge in [0.2, 0.25) is 0 Å². The third kappa shape index (κ3) is 3.49. The number of rotatable bonds is 2. The fourth-order valence-corrected chi connectivity index (χ4v) is 1.93. The molecule has 1 atom stereocenters. The van der Waals surface area contributed by atoms with Crippen LogP contribution in [-0.2, 0) is 0 Å². The standard InChI is InChI=1S/C12H18N4O/c1-9-7-15-11(8-14-9)12(17)16-10-3-2-5-13-6-4-10/h7-8,10,13H,2-6H2,1H3,(H,16,17)/t10-/m1/s1. The maximum atomic E-state index is 11.9. The van der Waals surface area contributed by atoms with Gasteiger partial charge in [-0.2, -0.15) is 0 Å². The molecule has 0 saturated carbocycles. The van der Waals surface area contributed by atoms with Gasteiger partial charge in [-0.05, 0) is 39.3 Å². The lowest BCUT2D eigenvalue weighted by Crippen LogP contribution is -2.35. The Hall–Kier alpha value is -1.49. The highest BCUT2D eigenvalue weighted by Crippen LogP contribution is 2.06. The minimum Gasteiger partial charge on any atom is -0.348 e. The Kier molecular flexibility index (Phi) is 4.03. The molecule has 92 valence electrons. The molecular weight excluding hydrogens is 216 g/mol. The summed E-state index contributed by atoms with van der Waals surface area (Å²) in [4.78, 5) is 20.1. The maximum absolute atomic E-state index is 11.9. The molecule has 2 rings (SSSR count). The molecule has 17 heavy (non-hydrogen) atoms. The zero-order chi connectivity index (χ0) is 12.1. The maximum Gasteiger partial charge on any atom is 0.271 e. The van der Waals surface area contributed by atoms with E-state index in [1.165, 1.54) is 6.20 Å². The van der Waals surface area contributed by atoms with Crippen LogP contribution in [0.2, 0.25) is 0 Å². The number of hydrogen-bond acceptors (Lipinski definition) is 4. The molecule has 5 nitrogen and oxygen atoms in total. The van der Waals surface area contributed by atoms with Crippen LogP contribution in [0.25, 0.3) is 0 Å². The van der Waals surface area contributed by atoms with E-state index in [1.54, 1.807) is 6.20 Å². The Balaban J connectivity index is 1.93. The van der Waals surface area contributed by atoms with Gasteiger partial charge < -0.3 is 10.6 Å². The van der Waals surface area contributed by atoms with Crippen molar-refractivity contribution in [2.24, 2.45) is 0 Å². The second-order valence-corrected chi connectivity index (χ2v) is 4.39. The predicted molar refractivity (Wildman–Crippen MR) is 64.7 cm³/mol. The van der Waals surface area contributed by atoms with Crippen LogP contribution in [0.3, 0.4) is 0 Å². The topological polar surface area (TPSA) is 66.9 Å². The van der Waals surface area contributed by atoms with Gasteiger partial charge in [0.05, 0.1) is 11.9 Å². The van der Waals surface area contributed by atoms with Crippen molar-refractivity contribution in [2.75, 3.05) is 13.1 Å². The molecular formula is C12H18N4O. The zero-order valence-electron chi connectivity index (χ0n) is 10.1. The highest BCUT2D eigenvalue weighted by atomic mass is 16.1. The summed E-state index contributed by atoms with van der Waals surface area (Å²) in [6.07, 6.45) is 6.25. The van der Waals surface area contributed by atoms with Crippen LogP contribution in [0.15, 0.2) is 12.4 Å². The van der Waals surface area contributed by atoms with Crippen LogP contribution in [0.1, 0.15) is 35.4 Å². The summed E-state index contributed by atoms with van der Waals surface area (Å²) in [6, 6.07) is 0.251. The van der Waals surface area contributed by atoms with Gasteiger partial charge in [-0.1, -0.05) is 0 Å².